The molecule has 4 atom stereocenters. The van der Waals surface area contributed by atoms with E-state index in [1.54, 1.807) is 21.9 Å². The van der Waals surface area contributed by atoms with E-state index in [2.05, 4.69) is 15.5 Å². The first kappa shape index (κ1) is 48.6. The first-order chi connectivity index (χ1) is 32.9. The molecule has 5 aromatic carbocycles. The Kier molecular flexibility index (Phi) is 16.0. The lowest BCUT2D eigenvalue weighted by Gasteiger charge is -2.34. The number of amides is 6. The van der Waals surface area contributed by atoms with Gasteiger partial charge in [-0.2, -0.15) is 0 Å². The Bertz CT molecular complexity index is 2390. The normalized spacial score (nSPS) is 16.4. The second kappa shape index (κ2) is 22.4. The average Bonchev–Trinajstić information content (AvgIpc) is 4.05. The van der Waals surface area contributed by atoms with Gasteiger partial charge in [-0.15, -0.1) is 0 Å². The van der Waals surface area contributed by atoms with Crippen LogP contribution in [-0.2, 0) is 41.9 Å². The summed E-state index contributed by atoms with van der Waals surface area (Å²) < 4.78 is 14.1. The third kappa shape index (κ3) is 11.4. The summed E-state index contributed by atoms with van der Waals surface area (Å²) >= 11 is 0. The van der Waals surface area contributed by atoms with Crippen molar-refractivity contribution < 1.29 is 33.2 Å². The Hall–Kier alpha value is -7.35. The number of carbonyl (C=O) groups is 6. The number of anilines is 3. The van der Waals surface area contributed by atoms with Gasteiger partial charge in [-0.05, 0) is 110 Å². The predicted octanol–water partition coefficient (Wildman–Crippen LogP) is 8.11. The van der Waals surface area contributed by atoms with Crippen LogP contribution in [0.2, 0.25) is 0 Å². The zero-order valence-corrected chi connectivity index (χ0v) is 39.1. The van der Waals surface area contributed by atoms with Gasteiger partial charge in [0.15, 0.2) is 0 Å². The molecule has 14 heteroatoms. The molecule has 0 radical (unpaired) electrons. The summed E-state index contributed by atoms with van der Waals surface area (Å²) in [5.41, 5.74) is 5.18. The van der Waals surface area contributed by atoms with Crippen LogP contribution in [0.5, 0.6) is 0 Å². The van der Waals surface area contributed by atoms with Crippen LogP contribution in [0.25, 0.3) is 0 Å². The van der Waals surface area contributed by atoms with Crippen molar-refractivity contribution in [2.45, 2.75) is 90.6 Å². The van der Waals surface area contributed by atoms with Crippen molar-refractivity contribution in [3.8, 4) is 0 Å². The number of rotatable bonds is 17. The Morgan fingerprint density at radius 1 is 0.559 bits per heavy atom. The molecule has 2 heterocycles. The maximum atomic E-state index is 14.2. The second-order valence-corrected chi connectivity index (χ2v) is 17.3. The molecule has 68 heavy (non-hydrogen) atoms. The molecule has 0 aromatic heterocycles. The highest BCUT2D eigenvalue weighted by atomic mass is 19.1. The fourth-order valence-corrected chi connectivity index (χ4v) is 9.45. The summed E-state index contributed by atoms with van der Waals surface area (Å²) in [6, 6.07) is 36.5. The maximum absolute atomic E-state index is 14.2. The maximum Gasteiger partial charge on any atom is 0.250 e. The molecular weight excluding hydrogens is 862 g/mol. The van der Waals surface area contributed by atoms with E-state index in [1.165, 1.54) is 35.8 Å². The van der Waals surface area contributed by atoms with Gasteiger partial charge in [-0.1, -0.05) is 84.9 Å². The van der Waals surface area contributed by atoms with E-state index in [0.29, 0.717) is 87.5 Å². The summed E-state index contributed by atoms with van der Waals surface area (Å²) in [7, 11) is 0. The van der Waals surface area contributed by atoms with Crippen molar-refractivity contribution >= 4 is 52.5 Å². The molecule has 354 valence electrons. The molecule has 0 aliphatic carbocycles. The van der Waals surface area contributed by atoms with Gasteiger partial charge in [0.05, 0.1) is 0 Å². The Morgan fingerprint density at radius 3 is 1.29 bits per heavy atom. The minimum atomic E-state index is -0.840. The number of likely N-dealkylation sites (N-methyl/N-ethyl adjacent to an activating group) is 2. The molecule has 0 spiro atoms. The van der Waals surface area contributed by atoms with E-state index in [9.17, 15) is 33.2 Å². The summed E-state index contributed by atoms with van der Waals surface area (Å²) in [5.74, 6) is -1.96. The molecule has 2 aliphatic rings. The molecule has 0 bridgehead atoms. The van der Waals surface area contributed by atoms with Gasteiger partial charge in [-0.3, -0.25) is 28.8 Å². The zero-order valence-electron chi connectivity index (χ0n) is 39.1. The number of hydrogen-bond donors (Lipinski definition) is 2. The second-order valence-electron chi connectivity index (χ2n) is 17.3. The standard InChI is InChI=1S/C54H60FN7O6/c1-5-59(37(3)63)49(41-15-9-7-10-16-41)53(67)61-33-13-19-47(61)51(65)56-44-27-21-39(22-28-44)35-58(46-31-25-43(55)26-32-46)36-40-23-29-45(30-24-40)57-52(66)48-20-14-34-62(48)54(68)50(60(6-2)38(4)64)42-17-11-8-12-18-42/h7-12,15-18,21-32,47-50H,5-6,13-14,19-20,33-36H2,1-4H3,(H,56,65)(H,57,66)/t47-,48-,49+,50+/m0/s1. The number of halogens is 1. The van der Waals surface area contributed by atoms with Crippen molar-refractivity contribution in [2.75, 3.05) is 41.7 Å². The Labute approximate surface area is 397 Å². The predicted molar refractivity (Wildman–Crippen MR) is 260 cm³/mol. The van der Waals surface area contributed by atoms with Crippen molar-refractivity contribution in [1.29, 1.82) is 0 Å². The van der Waals surface area contributed by atoms with E-state index >= 15 is 0 Å². The first-order valence-corrected chi connectivity index (χ1v) is 23.4. The fourth-order valence-electron chi connectivity index (χ4n) is 9.45. The molecule has 2 saturated heterocycles. The SMILES string of the molecule is CCN(C(C)=O)[C@@H](C(=O)N1CCC[C@H]1C(=O)Nc1ccc(CN(Cc2ccc(NC(=O)[C@@H]3CCCN3C(=O)[C@@H](c3ccccc3)N(CC)C(C)=O)cc2)c2ccc(F)cc2)cc1)c1ccccc1. The molecule has 5 aromatic rings. The summed E-state index contributed by atoms with van der Waals surface area (Å²) in [5, 5.41) is 6.01. The van der Waals surface area contributed by atoms with Crippen LogP contribution in [0.3, 0.4) is 0 Å². The van der Waals surface area contributed by atoms with Crippen molar-refractivity contribution in [2.24, 2.45) is 0 Å². The molecule has 2 aliphatic heterocycles. The van der Waals surface area contributed by atoms with Gasteiger partial charge < -0.3 is 35.1 Å². The summed E-state index contributed by atoms with van der Waals surface area (Å²) in [4.78, 5) is 89.6. The largest absolute Gasteiger partial charge is 0.363 e. The summed E-state index contributed by atoms with van der Waals surface area (Å²) in [6.45, 7) is 8.96. The van der Waals surface area contributed by atoms with Crippen LogP contribution in [-0.4, -0.2) is 93.3 Å². The lowest BCUT2D eigenvalue weighted by molar-refractivity contribution is -0.147. The minimum Gasteiger partial charge on any atom is -0.363 e. The Morgan fingerprint density at radius 2 is 0.941 bits per heavy atom. The van der Waals surface area contributed by atoms with Gasteiger partial charge in [0.2, 0.25) is 23.6 Å². The lowest BCUT2D eigenvalue weighted by atomic mass is 10.0. The van der Waals surface area contributed by atoms with Crippen LogP contribution in [0, 0.1) is 5.82 Å². The quantitative estimate of drug-likeness (QED) is 0.0960. The fraction of sp³-hybridized carbons (Fsp3) is 0.333. The third-order valence-corrected chi connectivity index (χ3v) is 12.9. The van der Waals surface area contributed by atoms with Gasteiger partial charge in [-0.25, -0.2) is 4.39 Å². The number of carbonyl (C=O) groups excluding carboxylic acids is 6. The van der Waals surface area contributed by atoms with E-state index < -0.39 is 24.2 Å². The number of nitrogens with zero attached hydrogens (tertiary/aromatic N) is 5. The van der Waals surface area contributed by atoms with E-state index in [4.69, 9.17) is 0 Å². The van der Waals surface area contributed by atoms with Gasteiger partial charge in [0.1, 0.15) is 30.0 Å². The molecule has 13 nitrogen and oxygen atoms in total. The highest BCUT2D eigenvalue weighted by Gasteiger charge is 2.42. The van der Waals surface area contributed by atoms with Crippen LogP contribution in [0.1, 0.15) is 87.7 Å². The van der Waals surface area contributed by atoms with E-state index in [-0.39, 0.29) is 41.3 Å². The molecule has 2 N–H and O–H groups in total. The lowest BCUT2D eigenvalue weighted by Crippen LogP contribution is -2.49. The zero-order chi connectivity index (χ0) is 48.3. The highest BCUT2D eigenvalue weighted by Crippen LogP contribution is 2.31. The van der Waals surface area contributed by atoms with Crippen molar-refractivity contribution in [3.05, 3.63) is 162 Å². The monoisotopic (exact) mass is 921 g/mol. The van der Waals surface area contributed by atoms with Crippen molar-refractivity contribution in [1.82, 2.24) is 19.6 Å². The number of nitrogens with one attached hydrogen (secondary N) is 2. The molecule has 6 amide bonds. The minimum absolute atomic E-state index is 0.222. The molecule has 0 saturated carbocycles. The third-order valence-electron chi connectivity index (χ3n) is 12.9. The van der Waals surface area contributed by atoms with E-state index in [1.807, 2.05) is 123 Å². The number of hydrogen-bond acceptors (Lipinski definition) is 7. The number of likely N-dealkylation sites (tertiary alicyclic amines) is 2. The highest BCUT2D eigenvalue weighted by molar-refractivity contribution is 6.00. The Balaban J connectivity index is 0.999. The molecule has 7 rings (SSSR count). The number of benzene rings is 5. The molecule has 0 unspecified atom stereocenters. The van der Waals surface area contributed by atoms with Crippen molar-refractivity contribution in [3.63, 3.8) is 0 Å². The average molecular weight is 922 g/mol. The summed E-state index contributed by atoms with van der Waals surface area (Å²) in [6.07, 6.45) is 2.32. The first-order valence-electron chi connectivity index (χ1n) is 23.4. The van der Waals surface area contributed by atoms with Crippen LogP contribution < -0.4 is 15.5 Å². The smallest absolute Gasteiger partial charge is 0.250 e. The molecular formula is C54H60FN7O6. The van der Waals surface area contributed by atoms with Crippen LogP contribution >= 0.6 is 0 Å². The van der Waals surface area contributed by atoms with Gasteiger partial charge in [0.25, 0.3) is 11.8 Å². The van der Waals surface area contributed by atoms with Gasteiger partial charge >= 0.3 is 0 Å². The molecule has 2 fully saturated rings. The van der Waals surface area contributed by atoms with E-state index in [0.717, 1.165) is 16.8 Å². The topological polar surface area (TPSA) is 143 Å². The van der Waals surface area contributed by atoms with Gasteiger partial charge in [0, 0.05) is 70.2 Å². The van der Waals surface area contributed by atoms with Crippen LogP contribution in [0.4, 0.5) is 21.5 Å². The van der Waals surface area contributed by atoms with Crippen LogP contribution in [0.15, 0.2) is 133 Å².